The number of carbonyl (C=O) groups excluding carboxylic acids is 1. The average Bonchev–Trinajstić information content (AvgIpc) is 2.78. The molecule has 0 N–H and O–H groups in total. The quantitative estimate of drug-likeness (QED) is 0.557. The molecule has 0 aromatic heterocycles. The molecule has 1 aliphatic carbocycles. The van der Waals surface area contributed by atoms with Gasteiger partial charge in [-0.2, -0.15) is 0 Å². The second-order valence-corrected chi connectivity index (χ2v) is 13.4. The number of rotatable bonds is 7. The van der Waals surface area contributed by atoms with Crippen LogP contribution < -0.4 is 4.90 Å². The molecule has 2 aliphatic rings. The van der Waals surface area contributed by atoms with E-state index in [1.165, 1.54) is 17.7 Å². The number of amides is 1. The highest BCUT2D eigenvalue weighted by molar-refractivity contribution is 7.92. The summed E-state index contributed by atoms with van der Waals surface area (Å²) in [5.74, 6) is 1.38. The number of anilines is 1. The maximum Gasteiger partial charge on any atom is 0.409 e. The Bertz CT molecular complexity index is 861. The third-order valence-electron chi connectivity index (χ3n) is 7.30. The molecule has 6 nitrogen and oxygen atoms in total. The highest BCUT2D eigenvalue weighted by atomic mass is 32.2. The molecule has 0 atom stereocenters. The Morgan fingerprint density at radius 2 is 1.55 bits per heavy atom. The maximum absolute atomic E-state index is 12.5. The number of hydrogen-bond donors (Lipinski definition) is 0. The Morgan fingerprint density at radius 3 is 2.09 bits per heavy atom. The van der Waals surface area contributed by atoms with Gasteiger partial charge in [0.2, 0.25) is 0 Å². The van der Waals surface area contributed by atoms with Crippen molar-refractivity contribution in [2.24, 2.45) is 11.8 Å². The van der Waals surface area contributed by atoms with E-state index < -0.39 is 14.6 Å². The van der Waals surface area contributed by atoms with Crippen LogP contribution in [-0.2, 0) is 21.0 Å². The highest BCUT2D eigenvalue weighted by Crippen LogP contribution is 2.34. The number of carbonyl (C=O) groups is 1. The molecule has 3 rings (SSSR count). The number of hydrogen-bond acceptors (Lipinski definition) is 5. The first kappa shape index (κ1) is 25.9. The molecule has 2 fully saturated rings. The number of benzene rings is 1. The number of ether oxygens (including phenoxy) is 1. The van der Waals surface area contributed by atoms with Gasteiger partial charge in [-0.3, -0.25) is 0 Å². The van der Waals surface area contributed by atoms with Crippen molar-refractivity contribution in [3.8, 4) is 0 Å². The van der Waals surface area contributed by atoms with E-state index >= 15 is 0 Å². The van der Waals surface area contributed by atoms with Crippen molar-refractivity contribution < 1.29 is 17.9 Å². The second kappa shape index (κ2) is 11.1. The van der Waals surface area contributed by atoms with Crippen LogP contribution in [0.4, 0.5) is 10.5 Å². The standard InChI is InChI=1S/C26H42N2O4S/c1-5-32-25(29)28-18-16-27(17-19-28)24-14-12-22(13-15-24)7-6-21-8-10-23(11-9-21)20-33(30,31)26(2,3)4/h12-15,21,23H,5-11,16-20H2,1-4H3. The van der Waals surface area contributed by atoms with Crippen LogP contribution in [0, 0.1) is 11.8 Å². The fourth-order valence-corrected chi connectivity index (χ4v) is 6.31. The van der Waals surface area contributed by atoms with Gasteiger partial charge >= 0.3 is 6.09 Å². The van der Waals surface area contributed by atoms with Crippen LogP contribution in [0.15, 0.2) is 24.3 Å². The molecule has 1 saturated carbocycles. The molecule has 1 aliphatic heterocycles. The van der Waals surface area contributed by atoms with Crippen LogP contribution in [0.2, 0.25) is 0 Å². The van der Waals surface area contributed by atoms with E-state index in [0.29, 0.717) is 37.3 Å². The van der Waals surface area contributed by atoms with Gasteiger partial charge < -0.3 is 14.5 Å². The molecule has 1 aromatic rings. The summed E-state index contributed by atoms with van der Waals surface area (Å²) < 4.78 is 29.4. The molecule has 0 spiro atoms. The summed E-state index contributed by atoms with van der Waals surface area (Å²) in [5, 5.41) is 0. The van der Waals surface area contributed by atoms with Gasteiger partial charge in [-0.1, -0.05) is 25.0 Å². The van der Waals surface area contributed by atoms with Crippen molar-refractivity contribution in [2.45, 2.75) is 71.0 Å². The summed E-state index contributed by atoms with van der Waals surface area (Å²) in [4.78, 5) is 16.0. The molecule has 0 unspecified atom stereocenters. The minimum Gasteiger partial charge on any atom is -0.450 e. The van der Waals surface area contributed by atoms with Gasteiger partial charge in [0.1, 0.15) is 0 Å². The molecule has 0 bridgehead atoms. The molecule has 1 heterocycles. The SMILES string of the molecule is CCOC(=O)N1CCN(c2ccc(CCC3CCC(CS(=O)(=O)C(C)(C)C)CC3)cc2)CC1. The summed E-state index contributed by atoms with van der Waals surface area (Å²) in [7, 11) is -3.02. The third kappa shape index (κ3) is 7.11. The molecule has 1 aromatic carbocycles. The number of aryl methyl sites for hydroxylation is 1. The van der Waals surface area contributed by atoms with E-state index in [1.54, 1.807) is 4.90 Å². The Balaban J connectivity index is 1.40. The highest BCUT2D eigenvalue weighted by Gasteiger charge is 2.33. The van der Waals surface area contributed by atoms with E-state index in [4.69, 9.17) is 4.74 Å². The van der Waals surface area contributed by atoms with Crippen LogP contribution in [-0.4, -0.2) is 62.7 Å². The van der Waals surface area contributed by atoms with E-state index in [1.807, 2.05) is 27.7 Å². The zero-order chi connectivity index (χ0) is 24.1. The Labute approximate surface area is 200 Å². The van der Waals surface area contributed by atoms with Crippen LogP contribution in [0.3, 0.4) is 0 Å². The van der Waals surface area contributed by atoms with Crippen molar-refractivity contribution in [1.82, 2.24) is 4.90 Å². The molecule has 1 amide bonds. The first-order chi connectivity index (χ1) is 15.6. The van der Waals surface area contributed by atoms with Crippen molar-refractivity contribution in [3.05, 3.63) is 29.8 Å². The first-order valence-corrected chi connectivity index (χ1v) is 14.2. The van der Waals surface area contributed by atoms with Crippen LogP contribution in [0.5, 0.6) is 0 Å². The number of sulfone groups is 1. The lowest BCUT2D eigenvalue weighted by Gasteiger charge is -2.35. The van der Waals surface area contributed by atoms with Crippen LogP contribution >= 0.6 is 0 Å². The molecular weight excluding hydrogens is 436 g/mol. The predicted molar refractivity (Wildman–Crippen MR) is 135 cm³/mol. The minimum absolute atomic E-state index is 0.211. The predicted octanol–water partition coefficient (Wildman–Crippen LogP) is 4.92. The van der Waals surface area contributed by atoms with Crippen LogP contribution in [0.25, 0.3) is 0 Å². The zero-order valence-electron chi connectivity index (χ0n) is 20.9. The minimum atomic E-state index is -3.02. The summed E-state index contributed by atoms with van der Waals surface area (Å²) >= 11 is 0. The Kier molecular flexibility index (Phi) is 8.70. The fraction of sp³-hybridized carbons (Fsp3) is 0.731. The van der Waals surface area contributed by atoms with E-state index in [-0.39, 0.29) is 6.09 Å². The number of nitrogens with zero attached hydrogens (tertiary/aromatic N) is 2. The van der Waals surface area contributed by atoms with Gasteiger partial charge in [-0.25, -0.2) is 13.2 Å². The van der Waals surface area contributed by atoms with Gasteiger partial charge in [0.25, 0.3) is 0 Å². The second-order valence-electron chi connectivity index (χ2n) is 10.7. The topological polar surface area (TPSA) is 66.9 Å². The van der Waals surface area contributed by atoms with E-state index in [9.17, 15) is 13.2 Å². The largest absolute Gasteiger partial charge is 0.450 e. The fourth-order valence-electron chi connectivity index (χ4n) is 4.85. The van der Waals surface area contributed by atoms with Gasteiger partial charge in [0, 0.05) is 31.9 Å². The molecule has 0 radical (unpaired) electrons. The lowest BCUT2D eigenvalue weighted by atomic mass is 9.80. The lowest BCUT2D eigenvalue weighted by Crippen LogP contribution is -2.49. The normalized spacial score (nSPS) is 22.3. The molecule has 7 heteroatoms. The van der Waals surface area contributed by atoms with Crippen molar-refractivity contribution in [1.29, 1.82) is 0 Å². The van der Waals surface area contributed by atoms with Gasteiger partial charge in [-0.05, 0) is 82.9 Å². The first-order valence-electron chi connectivity index (χ1n) is 12.6. The molecular formula is C26H42N2O4S. The monoisotopic (exact) mass is 478 g/mol. The van der Waals surface area contributed by atoms with Crippen molar-refractivity contribution in [3.63, 3.8) is 0 Å². The maximum atomic E-state index is 12.5. The third-order valence-corrected chi connectivity index (χ3v) is 10.1. The average molecular weight is 479 g/mol. The summed E-state index contributed by atoms with van der Waals surface area (Å²) in [6, 6.07) is 8.86. The van der Waals surface area contributed by atoms with Gasteiger partial charge in [-0.15, -0.1) is 0 Å². The molecule has 1 saturated heterocycles. The lowest BCUT2D eigenvalue weighted by molar-refractivity contribution is 0.105. The summed E-state index contributed by atoms with van der Waals surface area (Å²) in [6.07, 6.45) is 6.41. The smallest absolute Gasteiger partial charge is 0.409 e. The molecule has 33 heavy (non-hydrogen) atoms. The van der Waals surface area contributed by atoms with Gasteiger partial charge in [0.05, 0.1) is 17.1 Å². The summed E-state index contributed by atoms with van der Waals surface area (Å²) in [6.45, 7) is 10.7. The molecule has 186 valence electrons. The van der Waals surface area contributed by atoms with Crippen LogP contribution in [0.1, 0.15) is 65.4 Å². The van der Waals surface area contributed by atoms with Crippen molar-refractivity contribution in [2.75, 3.05) is 43.4 Å². The Hall–Kier alpha value is -1.76. The van der Waals surface area contributed by atoms with Crippen molar-refractivity contribution >= 4 is 21.6 Å². The van der Waals surface area contributed by atoms with E-state index in [0.717, 1.165) is 45.2 Å². The number of piperazine rings is 1. The summed E-state index contributed by atoms with van der Waals surface area (Å²) in [5.41, 5.74) is 2.57. The Morgan fingerprint density at radius 1 is 0.970 bits per heavy atom. The van der Waals surface area contributed by atoms with E-state index in [2.05, 4.69) is 29.2 Å². The zero-order valence-corrected chi connectivity index (χ0v) is 21.7. The van der Waals surface area contributed by atoms with Gasteiger partial charge in [0.15, 0.2) is 9.84 Å².